The zero-order chi connectivity index (χ0) is 15.6. The van der Waals surface area contributed by atoms with E-state index < -0.39 is 17.7 Å². The Bertz CT molecular complexity index is 623. The monoisotopic (exact) mass is 314 g/mol. The van der Waals surface area contributed by atoms with E-state index in [9.17, 15) is 13.9 Å². The molecule has 0 aliphatic rings. The fourth-order valence-corrected chi connectivity index (χ4v) is 2.63. The van der Waals surface area contributed by atoms with Gasteiger partial charge < -0.3 is 5.11 Å². The number of aromatic nitrogens is 2. The summed E-state index contributed by atoms with van der Waals surface area (Å²) < 4.78 is 28.1. The molecule has 6 heteroatoms. The first-order chi connectivity index (χ1) is 9.96. The molecule has 114 valence electrons. The van der Waals surface area contributed by atoms with E-state index in [2.05, 4.69) is 5.10 Å². The lowest BCUT2D eigenvalue weighted by atomic mass is 10.0. The zero-order valence-electron chi connectivity index (χ0n) is 11.9. The van der Waals surface area contributed by atoms with Gasteiger partial charge in [-0.2, -0.15) is 5.10 Å². The first kappa shape index (κ1) is 15.9. The predicted octanol–water partition coefficient (Wildman–Crippen LogP) is 3.67. The van der Waals surface area contributed by atoms with Gasteiger partial charge in [0.1, 0.15) is 11.6 Å². The largest absolute Gasteiger partial charge is 0.388 e. The molecule has 0 aliphatic carbocycles. The van der Waals surface area contributed by atoms with Crippen LogP contribution in [0.1, 0.15) is 36.9 Å². The van der Waals surface area contributed by atoms with Crippen LogP contribution >= 0.6 is 11.6 Å². The summed E-state index contributed by atoms with van der Waals surface area (Å²) in [6, 6.07) is 3.01. The zero-order valence-corrected chi connectivity index (χ0v) is 12.7. The van der Waals surface area contributed by atoms with Gasteiger partial charge in [-0.3, -0.25) is 4.68 Å². The van der Waals surface area contributed by atoms with E-state index in [0.29, 0.717) is 23.7 Å². The molecule has 0 spiro atoms. The van der Waals surface area contributed by atoms with Crippen LogP contribution in [-0.4, -0.2) is 14.9 Å². The van der Waals surface area contributed by atoms with Gasteiger partial charge in [-0.15, -0.1) is 0 Å². The van der Waals surface area contributed by atoms with Gasteiger partial charge in [-0.1, -0.05) is 18.5 Å². The Balaban J connectivity index is 2.30. The maximum absolute atomic E-state index is 13.2. The molecule has 1 N–H and O–H groups in total. The normalized spacial score (nSPS) is 12.7. The molecule has 0 fully saturated rings. The minimum Gasteiger partial charge on any atom is -0.388 e. The summed E-state index contributed by atoms with van der Waals surface area (Å²) in [5, 5.41) is 15.1. The fourth-order valence-electron chi connectivity index (χ4n) is 2.28. The van der Waals surface area contributed by atoms with Crippen molar-refractivity contribution < 1.29 is 13.9 Å². The summed E-state index contributed by atoms with van der Waals surface area (Å²) in [5.74, 6) is -1.43. The van der Waals surface area contributed by atoms with E-state index in [-0.39, 0.29) is 12.0 Å². The van der Waals surface area contributed by atoms with Gasteiger partial charge in [0.2, 0.25) is 0 Å². The summed E-state index contributed by atoms with van der Waals surface area (Å²) in [6.45, 7) is 4.47. The van der Waals surface area contributed by atoms with Crippen LogP contribution in [0.3, 0.4) is 0 Å². The predicted molar refractivity (Wildman–Crippen MR) is 77.3 cm³/mol. The molecule has 1 aromatic heterocycles. The van der Waals surface area contributed by atoms with E-state index in [1.807, 2.05) is 13.8 Å². The number of benzene rings is 1. The highest BCUT2D eigenvalue weighted by Crippen LogP contribution is 2.27. The average molecular weight is 315 g/mol. The molecule has 1 heterocycles. The Morgan fingerprint density at radius 1 is 1.24 bits per heavy atom. The lowest BCUT2D eigenvalue weighted by Gasteiger charge is -2.13. The molecule has 0 bridgehead atoms. The second-order valence-corrected chi connectivity index (χ2v) is 5.18. The number of rotatable bonds is 5. The van der Waals surface area contributed by atoms with Crippen LogP contribution in [-0.2, 0) is 19.4 Å². The fraction of sp³-hybridized carbons (Fsp3) is 0.400. The van der Waals surface area contributed by atoms with Crippen molar-refractivity contribution >= 4 is 11.6 Å². The molecule has 3 nitrogen and oxygen atoms in total. The Labute approximate surface area is 127 Å². The summed E-state index contributed by atoms with van der Waals surface area (Å²) in [5.41, 5.74) is 1.62. The first-order valence-corrected chi connectivity index (χ1v) is 7.22. The smallest absolute Gasteiger partial charge is 0.126 e. The topological polar surface area (TPSA) is 38.0 Å². The van der Waals surface area contributed by atoms with E-state index in [4.69, 9.17) is 11.6 Å². The third-order valence-corrected chi connectivity index (χ3v) is 3.79. The number of nitrogens with zero attached hydrogens (tertiary/aromatic N) is 2. The molecule has 0 aliphatic heterocycles. The van der Waals surface area contributed by atoms with Crippen LogP contribution in [0.5, 0.6) is 0 Å². The maximum atomic E-state index is 13.2. The molecule has 2 rings (SSSR count). The van der Waals surface area contributed by atoms with Crippen LogP contribution in [0, 0.1) is 11.6 Å². The molecule has 0 radical (unpaired) electrons. The summed E-state index contributed by atoms with van der Waals surface area (Å²) >= 11 is 6.26. The Morgan fingerprint density at radius 3 is 2.38 bits per heavy atom. The third kappa shape index (κ3) is 3.41. The number of aliphatic hydroxyl groups is 1. The Kier molecular flexibility index (Phi) is 4.96. The van der Waals surface area contributed by atoms with E-state index in [1.165, 1.54) is 0 Å². The number of aliphatic hydroxyl groups excluding tert-OH is 1. The molecule has 1 atom stereocenters. The van der Waals surface area contributed by atoms with Crippen molar-refractivity contribution in [3.63, 3.8) is 0 Å². The lowest BCUT2D eigenvalue weighted by Crippen LogP contribution is -2.09. The van der Waals surface area contributed by atoms with Crippen molar-refractivity contribution in [1.82, 2.24) is 9.78 Å². The number of aryl methyl sites for hydroxylation is 2. The van der Waals surface area contributed by atoms with Crippen LogP contribution in [0.15, 0.2) is 18.2 Å². The SMILES string of the molecule is CCc1nn(CC)c(CC(O)c2cc(F)cc(F)c2)c1Cl. The van der Waals surface area contributed by atoms with E-state index in [1.54, 1.807) is 4.68 Å². The average Bonchev–Trinajstić information content (AvgIpc) is 2.74. The van der Waals surface area contributed by atoms with Gasteiger partial charge in [-0.05, 0) is 31.0 Å². The minimum absolute atomic E-state index is 0.155. The van der Waals surface area contributed by atoms with Crippen molar-refractivity contribution in [3.8, 4) is 0 Å². The number of hydrogen-bond acceptors (Lipinski definition) is 2. The Morgan fingerprint density at radius 2 is 1.86 bits per heavy atom. The minimum atomic E-state index is -1.04. The lowest BCUT2D eigenvalue weighted by molar-refractivity contribution is 0.174. The molecule has 0 amide bonds. The summed E-state index contributed by atoms with van der Waals surface area (Å²) in [4.78, 5) is 0. The Hall–Kier alpha value is -1.46. The molecule has 1 unspecified atom stereocenters. The molecule has 0 saturated carbocycles. The molecule has 1 aromatic carbocycles. The molecule has 0 saturated heterocycles. The second kappa shape index (κ2) is 6.54. The molecule has 2 aromatic rings. The highest BCUT2D eigenvalue weighted by atomic mass is 35.5. The van der Waals surface area contributed by atoms with Crippen molar-refractivity contribution in [2.75, 3.05) is 0 Å². The molecular formula is C15H17ClF2N2O. The standard InChI is InChI=1S/C15H17ClF2N2O/c1-3-12-15(16)13(20(4-2)19-12)8-14(21)9-5-10(17)7-11(18)6-9/h5-7,14,21H,3-4,8H2,1-2H3. The summed E-state index contributed by atoms with van der Waals surface area (Å²) in [6.07, 6.45) is -0.203. The molecular weight excluding hydrogens is 298 g/mol. The third-order valence-electron chi connectivity index (χ3n) is 3.35. The quantitative estimate of drug-likeness (QED) is 0.914. The second-order valence-electron chi connectivity index (χ2n) is 4.80. The van der Waals surface area contributed by atoms with E-state index >= 15 is 0 Å². The maximum Gasteiger partial charge on any atom is 0.126 e. The first-order valence-electron chi connectivity index (χ1n) is 6.84. The molecule has 21 heavy (non-hydrogen) atoms. The highest BCUT2D eigenvalue weighted by Gasteiger charge is 2.19. The van der Waals surface area contributed by atoms with Gasteiger partial charge in [0, 0.05) is 19.0 Å². The number of hydrogen-bond donors (Lipinski definition) is 1. The van der Waals surface area contributed by atoms with Crippen LogP contribution in [0.4, 0.5) is 8.78 Å². The van der Waals surface area contributed by atoms with Gasteiger partial charge in [0.15, 0.2) is 0 Å². The van der Waals surface area contributed by atoms with Crippen LogP contribution < -0.4 is 0 Å². The summed E-state index contributed by atoms with van der Waals surface area (Å²) in [7, 11) is 0. The number of halogens is 3. The van der Waals surface area contributed by atoms with Gasteiger partial charge >= 0.3 is 0 Å². The van der Waals surface area contributed by atoms with Crippen molar-refractivity contribution in [1.29, 1.82) is 0 Å². The van der Waals surface area contributed by atoms with Crippen LogP contribution in [0.2, 0.25) is 5.02 Å². The van der Waals surface area contributed by atoms with E-state index in [0.717, 1.165) is 23.9 Å². The van der Waals surface area contributed by atoms with Gasteiger partial charge in [-0.25, -0.2) is 8.78 Å². The van der Waals surface area contributed by atoms with Gasteiger partial charge in [0.05, 0.1) is 22.5 Å². The van der Waals surface area contributed by atoms with Crippen LogP contribution in [0.25, 0.3) is 0 Å². The van der Waals surface area contributed by atoms with Gasteiger partial charge in [0.25, 0.3) is 0 Å². The van der Waals surface area contributed by atoms with Crippen molar-refractivity contribution in [3.05, 3.63) is 51.8 Å². The van der Waals surface area contributed by atoms with Crippen molar-refractivity contribution in [2.45, 2.75) is 39.3 Å². The highest BCUT2D eigenvalue weighted by molar-refractivity contribution is 6.31. The van der Waals surface area contributed by atoms with Crippen molar-refractivity contribution in [2.24, 2.45) is 0 Å².